The minimum Gasteiger partial charge on any atom is -0.481 e. The Balaban J connectivity index is 1.79. The number of carboxylic acid groups (broad SMARTS) is 1. The predicted molar refractivity (Wildman–Crippen MR) is 79.3 cm³/mol. The summed E-state index contributed by atoms with van der Waals surface area (Å²) < 4.78 is 0. The fourth-order valence-corrected chi connectivity index (χ4v) is 2.94. The lowest BCUT2D eigenvalue weighted by atomic mass is 9.92. The van der Waals surface area contributed by atoms with Crippen LogP contribution in [0.15, 0.2) is 24.3 Å². The molecule has 5 heteroatoms. The van der Waals surface area contributed by atoms with Gasteiger partial charge in [0.15, 0.2) is 0 Å². The molecule has 1 amide bonds. The molecule has 1 heterocycles. The Labute approximate surface area is 124 Å². The van der Waals surface area contributed by atoms with Crippen LogP contribution in [0, 0.1) is 5.92 Å². The molecule has 3 rings (SSSR count). The quantitative estimate of drug-likeness (QED) is 0.909. The van der Waals surface area contributed by atoms with Crippen LogP contribution in [0.2, 0.25) is 0 Å². The molecular formula is C16H20N2O3. The summed E-state index contributed by atoms with van der Waals surface area (Å²) in [6, 6.07) is 8.15. The summed E-state index contributed by atoms with van der Waals surface area (Å²) in [5.41, 5.74) is 2.01. The van der Waals surface area contributed by atoms with Gasteiger partial charge < -0.3 is 14.9 Å². The summed E-state index contributed by atoms with van der Waals surface area (Å²) in [7, 11) is 1.84. The molecule has 2 aliphatic rings. The molecule has 0 spiro atoms. The molecule has 5 nitrogen and oxygen atoms in total. The second-order valence-corrected chi connectivity index (χ2v) is 5.98. The highest BCUT2D eigenvalue weighted by Crippen LogP contribution is 2.30. The highest BCUT2D eigenvalue weighted by molar-refractivity contribution is 5.83. The third kappa shape index (κ3) is 2.86. The van der Waals surface area contributed by atoms with Crippen molar-refractivity contribution in [3.05, 3.63) is 29.8 Å². The molecule has 1 aliphatic carbocycles. The van der Waals surface area contributed by atoms with Gasteiger partial charge in [-0.3, -0.25) is 9.59 Å². The molecule has 21 heavy (non-hydrogen) atoms. The number of aliphatic carboxylic acids is 1. The van der Waals surface area contributed by atoms with Gasteiger partial charge in [0.25, 0.3) is 0 Å². The first kappa shape index (κ1) is 13.9. The van der Waals surface area contributed by atoms with E-state index in [-0.39, 0.29) is 12.5 Å². The normalized spacial score (nSPS) is 20.8. The molecule has 0 saturated heterocycles. The van der Waals surface area contributed by atoms with Gasteiger partial charge in [-0.15, -0.1) is 0 Å². The van der Waals surface area contributed by atoms with Gasteiger partial charge in [-0.1, -0.05) is 18.2 Å². The smallest absolute Gasteiger partial charge is 0.308 e. The van der Waals surface area contributed by atoms with Crippen LogP contribution >= 0.6 is 0 Å². The molecule has 1 atom stereocenters. The monoisotopic (exact) mass is 288 g/mol. The van der Waals surface area contributed by atoms with Gasteiger partial charge >= 0.3 is 5.97 Å². The number of benzene rings is 1. The summed E-state index contributed by atoms with van der Waals surface area (Å²) in [6.07, 6.45) is 2.70. The van der Waals surface area contributed by atoms with Gasteiger partial charge in [0.2, 0.25) is 5.91 Å². The molecule has 0 bridgehead atoms. The fraction of sp³-hybridized carbons (Fsp3) is 0.500. The molecule has 1 aliphatic heterocycles. The zero-order chi connectivity index (χ0) is 15.0. The summed E-state index contributed by atoms with van der Waals surface area (Å²) >= 11 is 0. The second-order valence-electron chi connectivity index (χ2n) is 5.98. The number of anilines is 1. The molecule has 1 N–H and O–H groups in total. The van der Waals surface area contributed by atoms with Crippen molar-refractivity contribution in [2.24, 2.45) is 5.92 Å². The number of carbonyl (C=O) groups is 2. The van der Waals surface area contributed by atoms with Crippen molar-refractivity contribution in [3.63, 3.8) is 0 Å². The largest absolute Gasteiger partial charge is 0.481 e. The molecule has 1 unspecified atom stereocenters. The number of fused-ring (bicyclic) bond motifs is 1. The third-order valence-corrected chi connectivity index (χ3v) is 4.40. The Morgan fingerprint density at radius 1 is 1.33 bits per heavy atom. The van der Waals surface area contributed by atoms with Gasteiger partial charge in [0, 0.05) is 25.3 Å². The summed E-state index contributed by atoms with van der Waals surface area (Å²) in [6.45, 7) is 0.657. The molecule has 0 aromatic heterocycles. The number of rotatable bonds is 4. The molecule has 1 saturated carbocycles. The fourth-order valence-electron chi connectivity index (χ4n) is 2.94. The van der Waals surface area contributed by atoms with Gasteiger partial charge in [0.05, 0.1) is 12.5 Å². The van der Waals surface area contributed by atoms with Gasteiger partial charge in [-0.05, 0) is 30.9 Å². The van der Waals surface area contributed by atoms with Crippen molar-refractivity contribution < 1.29 is 14.7 Å². The lowest BCUT2D eigenvalue weighted by Gasteiger charge is -2.35. The Kier molecular flexibility index (Phi) is 3.57. The van der Waals surface area contributed by atoms with Crippen LogP contribution in [0.25, 0.3) is 0 Å². The number of nitrogens with zero attached hydrogens (tertiary/aromatic N) is 2. The Morgan fingerprint density at radius 2 is 2.05 bits per heavy atom. The van der Waals surface area contributed by atoms with E-state index in [0.29, 0.717) is 19.0 Å². The number of para-hydroxylation sites is 1. The van der Waals surface area contributed by atoms with Crippen LogP contribution in [0.1, 0.15) is 18.4 Å². The van der Waals surface area contributed by atoms with E-state index < -0.39 is 11.9 Å². The van der Waals surface area contributed by atoms with E-state index in [9.17, 15) is 14.7 Å². The van der Waals surface area contributed by atoms with Crippen molar-refractivity contribution in [2.45, 2.75) is 25.3 Å². The lowest BCUT2D eigenvalue weighted by molar-refractivity contribution is -0.141. The molecule has 1 aromatic carbocycles. The van der Waals surface area contributed by atoms with Gasteiger partial charge in [-0.2, -0.15) is 0 Å². The molecule has 0 radical (unpaired) electrons. The lowest BCUT2D eigenvalue weighted by Crippen LogP contribution is -2.45. The number of hydrogen-bond acceptors (Lipinski definition) is 3. The molecule has 1 aromatic rings. The van der Waals surface area contributed by atoms with Crippen LogP contribution in [0.4, 0.5) is 5.69 Å². The first-order valence-electron chi connectivity index (χ1n) is 7.37. The van der Waals surface area contributed by atoms with E-state index in [1.54, 1.807) is 4.90 Å². The molecule has 1 fully saturated rings. The van der Waals surface area contributed by atoms with E-state index in [2.05, 4.69) is 0 Å². The SMILES string of the molecule is CN(C(=O)CN1CC(C(=O)O)Cc2ccccc21)C1CC1. The van der Waals surface area contributed by atoms with Crippen molar-refractivity contribution in [3.8, 4) is 0 Å². The van der Waals surface area contributed by atoms with E-state index in [0.717, 1.165) is 24.1 Å². The minimum absolute atomic E-state index is 0.0679. The second kappa shape index (κ2) is 5.39. The number of amides is 1. The average molecular weight is 288 g/mol. The van der Waals surface area contributed by atoms with Crippen LogP contribution < -0.4 is 4.90 Å². The summed E-state index contributed by atoms with van der Waals surface area (Å²) in [5, 5.41) is 9.30. The van der Waals surface area contributed by atoms with Crippen molar-refractivity contribution in [2.75, 3.05) is 25.0 Å². The molecule has 112 valence electrons. The highest BCUT2D eigenvalue weighted by atomic mass is 16.4. The Hall–Kier alpha value is -2.04. The van der Waals surface area contributed by atoms with Crippen LogP contribution in [0.5, 0.6) is 0 Å². The molecular weight excluding hydrogens is 268 g/mol. The Bertz CT molecular complexity index is 568. The number of carbonyl (C=O) groups excluding carboxylic acids is 1. The number of hydrogen-bond donors (Lipinski definition) is 1. The summed E-state index contributed by atoms with van der Waals surface area (Å²) in [4.78, 5) is 27.4. The van der Waals surface area contributed by atoms with E-state index >= 15 is 0 Å². The average Bonchev–Trinajstić information content (AvgIpc) is 3.30. The first-order chi connectivity index (χ1) is 10.1. The van der Waals surface area contributed by atoms with Crippen LogP contribution in [-0.4, -0.2) is 48.1 Å². The standard InChI is InChI=1S/C16H20N2O3/c1-17(13-6-7-13)15(19)10-18-9-12(16(20)21)8-11-4-2-3-5-14(11)18/h2-5,12-13H,6-10H2,1H3,(H,20,21). The van der Waals surface area contributed by atoms with E-state index in [4.69, 9.17) is 0 Å². The third-order valence-electron chi connectivity index (χ3n) is 4.40. The van der Waals surface area contributed by atoms with E-state index in [1.807, 2.05) is 36.2 Å². The van der Waals surface area contributed by atoms with Crippen LogP contribution in [0.3, 0.4) is 0 Å². The maximum Gasteiger partial charge on any atom is 0.308 e. The van der Waals surface area contributed by atoms with Crippen molar-refractivity contribution in [1.29, 1.82) is 0 Å². The topological polar surface area (TPSA) is 60.9 Å². The van der Waals surface area contributed by atoms with Gasteiger partial charge in [-0.25, -0.2) is 0 Å². The minimum atomic E-state index is -0.794. The predicted octanol–water partition coefficient (Wildman–Crippen LogP) is 1.37. The maximum atomic E-state index is 12.3. The van der Waals surface area contributed by atoms with Crippen LogP contribution in [-0.2, 0) is 16.0 Å². The van der Waals surface area contributed by atoms with E-state index in [1.165, 1.54) is 0 Å². The number of carboxylic acids is 1. The van der Waals surface area contributed by atoms with Gasteiger partial charge in [0.1, 0.15) is 0 Å². The van der Waals surface area contributed by atoms with Crippen molar-refractivity contribution in [1.82, 2.24) is 4.90 Å². The first-order valence-corrected chi connectivity index (χ1v) is 7.37. The number of likely N-dealkylation sites (N-methyl/N-ethyl adjacent to an activating group) is 1. The van der Waals surface area contributed by atoms with Crippen molar-refractivity contribution >= 4 is 17.6 Å². The highest BCUT2D eigenvalue weighted by Gasteiger charge is 2.33. The zero-order valence-electron chi connectivity index (χ0n) is 12.2. The Morgan fingerprint density at radius 3 is 2.71 bits per heavy atom. The zero-order valence-corrected chi connectivity index (χ0v) is 12.2. The maximum absolute atomic E-state index is 12.3. The summed E-state index contributed by atoms with van der Waals surface area (Å²) in [5.74, 6) is -1.17.